The van der Waals surface area contributed by atoms with Crippen molar-refractivity contribution in [1.29, 1.82) is 0 Å². The Labute approximate surface area is 191 Å². The largest absolute Gasteiger partial charge is 0.357 e. The molecule has 2 aliphatic rings. The van der Waals surface area contributed by atoms with E-state index in [0.29, 0.717) is 17.4 Å². The summed E-state index contributed by atoms with van der Waals surface area (Å²) in [5.74, 6) is 1.41. The molecule has 0 aromatic heterocycles. The van der Waals surface area contributed by atoms with Gasteiger partial charge in [0.2, 0.25) is 5.91 Å². The van der Waals surface area contributed by atoms with Crippen molar-refractivity contribution in [2.24, 2.45) is 10.9 Å². The van der Waals surface area contributed by atoms with Crippen LogP contribution in [0.1, 0.15) is 42.1 Å². The minimum absolute atomic E-state index is 0.0667. The normalized spacial score (nSPS) is 17.6. The highest BCUT2D eigenvalue weighted by molar-refractivity contribution is 5.94. The van der Waals surface area contributed by atoms with Crippen molar-refractivity contribution >= 4 is 17.8 Å². The molecule has 3 rings (SSSR count). The number of aliphatic imine (C=N–C) groups is 1. The molecule has 176 valence electrons. The minimum atomic E-state index is -0.0667. The molecular formula is C24H38N6O2. The lowest BCUT2D eigenvalue weighted by atomic mass is 9.84. The highest BCUT2D eigenvalue weighted by Crippen LogP contribution is 2.28. The molecule has 1 saturated heterocycles. The second-order valence-electron chi connectivity index (χ2n) is 8.51. The summed E-state index contributed by atoms with van der Waals surface area (Å²) in [6.45, 7) is 8.76. The third kappa shape index (κ3) is 6.95. The summed E-state index contributed by atoms with van der Waals surface area (Å²) in [6, 6.07) is 7.70. The van der Waals surface area contributed by atoms with Crippen molar-refractivity contribution in [3.8, 4) is 0 Å². The monoisotopic (exact) mass is 442 g/mol. The fourth-order valence-electron chi connectivity index (χ4n) is 4.09. The maximum atomic E-state index is 12.4. The van der Waals surface area contributed by atoms with Crippen LogP contribution in [0.25, 0.3) is 0 Å². The van der Waals surface area contributed by atoms with Crippen molar-refractivity contribution in [2.75, 3.05) is 59.4 Å². The Hall–Kier alpha value is -2.61. The Bertz CT molecular complexity index is 784. The van der Waals surface area contributed by atoms with E-state index in [1.54, 1.807) is 7.05 Å². The highest BCUT2D eigenvalue weighted by atomic mass is 16.2. The number of rotatable bonds is 9. The van der Waals surface area contributed by atoms with Crippen LogP contribution < -0.4 is 16.0 Å². The smallest absolute Gasteiger partial charge is 0.251 e. The standard InChI is InChI=1S/C24H38N6O2/c1-3-26-24(27-11-10-19-6-4-9-21(18-19)22(31)25-2)28-12-13-29-14-16-30(17-15-29)23(32)20-7-5-8-20/h4,6,9,18,20H,3,5,7-8,10-17H2,1-2H3,(H,25,31)(H2,26,27,28). The molecule has 2 amide bonds. The summed E-state index contributed by atoms with van der Waals surface area (Å²) in [7, 11) is 1.64. The van der Waals surface area contributed by atoms with E-state index in [-0.39, 0.29) is 5.91 Å². The zero-order chi connectivity index (χ0) is 22.8. The Balaban J connectivity index is 1.38. The van der Waals surface area contributed by atoms with Gasteiger partial charge in [-0.1, -0.05) is 18.6 Å². The summed E-state index contributed by atoms with van der Waals surface area (Å²) in [5.41, 5.74) is 1.80. The van der Waals surface area contributed by atoms with Crippen molar-refractivity contribution < 1.29 is 9.59 Å². The predicted octanol–water partition coefficient (Wildman–Crippen LogP) is 1.09. The lowest BCUT2D eigenvalue weighted by Gasteiger charge is -2.38. The first-order valence-corrected chi connectivity index (χ1v) is 11.9. The van der Waals surface area contributed by atoms with Gasteiger partial charge in [-0.15, -0.1) is 0 Å². The van der Waals surface area contributed by atoms with Gasteiger partial charge in [-0.05, 0) is 43.9 Å². The van der Waals surface area contributed by atoms with Crippen LogP contribution in [0.4, 0.5) is 0 Å². The van der Waals surface area contributed by atoms with Gasteiger partial charge in [0.05, 0.1) is 6.54 Å². The average Bonchev–Trinajstić information content (AvgIpc) is 2.78. The summed E-state index contributed by atoms with van der Waals surface area (Å²) in [5, 5.41) is 9.34. The third-order valence-electron chi connectivity index (χ3n) is 6.29. The minimum Gasteiger partial charge on any atom is -0.357 e. The van der Waals surface area contributed by atoms with Crippen molar-refractivity contribution in [3.63, 3.8) is 0 Å². The van der Waals surface area contributed by atoms with Gasteiger partial charge in [-0.2, -0.15) is 0 Å². The molecule has 1 aromatic rings. The third-order valence-corrected chi connectivity index (χ3v) is 6.29. The van der Waals surface area contributed by atoms with Crippen LogP contribution in [0.3, 0.4) is 0 Å². The van der Waals surface area contributed by atoms with Crippen molar-refractivity contribution in [1.82, 2.24) is 25.8 Å². The molecule has 0 unspecified atom stereocenters. The van der Waals surface area contributed by atoms with Crippen molar-refractivity contribution in [2.45, 2.75) is 32.6 Å². The maximum absolute atomic E-state index is 12.4. The topological polar surface area (TPSA) is 89.1 Å². The Kier molecular flexibility index (Phi) is 9.34. The molecule has 3 N–H and O–H groups in total. The number of carbonyl (C=O) groups is 2. The first kappa shape index (κ1) is 24.0. The maximum Gasteiger partial charge on any atom is 0.251 e. The number of hydrogen-bond acceptors (Lipinski definition) is 4. The van der Waals surface area contributed by atoms with Crippen LogP contribution in [-0.4, -0.2) is 87.0 Å². The number of carbonyl (C=O) groups excluding carboxylic acids is 2. The molecule has 1 aliphatic heterocycles. The van der Waals surface area contributed by atoms with Crippen LogP contribution in [0, 0.1) is 5.92 Å². The molecule has 1 saturated carbocycles. The van der Waals surface area contributed by atoms with Crippen LogP contribution in [-0.2, 0) is 11.2 Å². The molecule has 32 heavy (non-hydrogen) atoms. The molecular weight excluding hydrogens is 404 g/mol. The van der Waals surface area contributed by atoms with E-state index in [4.69, 9.17) is 4.99 Å². The molecule has 1 aromatic carbocycles. The lowest BCUT2D eigenvalue weighted by molar-refractivity contribution is -0.139. The second kappa shape index (κ2) is 12.4. The van der Waals surface area contributed by atoms with E-state index in [0.717, 1.165) is 83.1 Å². The summed E-state index contributed by atoms with van der Waals surface area (Å²) in [4.78, 5) is 33.3. The van der Waals surface area contributed by atoms with E-state index < -0.39 is 0 Å². The van der Waals surface area contributed by atoms with Gasteiger partial charge >= 0.3 is 0 Å². The Morgan fingerprint density at radius 2 is 1.91 bits per heavy atom. The average molecular weight is 443 g/mol. The number of piperazine rings is 1. The van der Waals surface area contributed by atoms with Gasteiger partial charge in [0.25, 0.3) is 5.91 Å². The van der Waals surface area contributed by atoms with Crippen LogP contribution in [0.15, 0.2) is 29.3 Å². The van der Waals surface area contributed by atoms with E-state index in [1.807, 2.05) is 29.2 Å². The van der Waals surface area contributed by atoms with Gasteiger partial charge in [0, 0.05) is 64.3 Å². The van der Waals surface area contributed by atoms with E-state index >= 15 is 0 Å². The summed E-state index contributed by atoms with van der Waals surface area (Å²) < 4.78 is 0. The van der Waals surface area contributed by atoms with Crippen LogP contribution in [0.2, 0.25) is 0 Å². The fourth-order valence-corrected chi connectivity index (χ4v) is 4.09. The summed E-state index contributed by atoms with van der Waals surface area (Å²) >= 11 is 0. The Morgan fingerprint density at radius 3 is 2.56 bits per heavy atom. The fraction of sp³-hybridized carbons (Fsp3) is 0.625. The van der Waals surface area contributed by atoms with Gasteiger partial charge in [0.1, 0.15) is 0 Å². The second-order valence-corrected chi connectivity index (χ2v) is 8.51. The molecule has 0 radical (unpaired) electrons. The first-order valence-electron chi connectivity index (χ1n) is 11.9. The molecule has 1 heterocycles. The van der Waals surface area contributed by atoms with E-state index in [1.165, 1.54) is 6.42 Å². The number of guanidine groups is 1. The zero-order valence-electron chi connectivity index (χ0n) is 19.5. The van der Waals surface area contributed by atoms with E-state index in [2.05, 4.69) is 27.8 Å². The van der Waals surface area contributed by atoms with Crippen molar-refractivity contribution in [3.05, 3.63) is 35.4 Å². The highest BCUT2D eigenvalue weighted by Gasteiger charge is 2.30. The number of nitrogens with one attached hydrogen (secondary N) is 3. The number of benzene rings is 1. The quantitative estimate of drug-likeness (QED) is 0.394. The number of nitrogens with zero attached hydrogens (tertiary/aromatic N) is 3. The first-order chi connectivity index (χ1) is 15.6. The number of hydrogen-bond donors (Lipinski definition) is 3. The van der Waals surface area contributed by atoms with Crippen LogP contribution >= 0.6 is 0 Å². The zero-order valence-corrected chi connectivity index (χ0v) is 19.5. The summed E-state index contributed by atoms with van der Waals surface area (Å²) in [6.07, 6.45) is 4.17. The molecule has 0 spiro atoms. The molecule has 2 fully saturated rings. The Morgan fingerprint density at radius 1 is 1.12 bits per heavy atom. The van der Waals surface area contributed by atoms with Gasteiger partial charge in [-0.3, -0.25) is 19.5 Å². The van der Waals surface area contributed by atoms with E-state index in [9.17, 15) is 9.59 Å². The van der Waals surface area contributed by atoms with Gasteiger partial charge < -0.3 is 20.9 Å². The predicted molar refractivity (Wildman–Crippen MR) is 128 cm³/mol. The van der Waals surface area contributed by atoms with Crippen LogP contribution in [0.5, 0.6) is 0 Å². The number of amides is 2. The van der Waals surface area contributed by atoms with Gasteiger partial charge in [0.15, 0.2) is 5.96 Å². The molecule has 0 bridgehead atoms. The molecule has 8 heteroatoms. The molecule has 0 atom stereocenters. The lowest BCUT2D eigenvalue weighted by Crippen LogP contribution is -2.51. The van der Waals surface area contributed by atoms with Gasteiger partial charge in [-0.25, -0.2) is 0 Å². The molecule has 1 aliphatic carbocycles. The molecule has 8 nitrogen and oxygen atoms in total. The SMILES string of the molecule is CCNC(=NCCN1CCN(C(=O)C2CCC2)CC1)NCCc1cccc(C(=O)NC)c1.